The number of nitrogens with zero attached hydrogens (tertiary/aromatic N) is 3. The molecular formula is C26H25N5O. The summed E-state index contributed by atoms with van der Waals surface area (Å²) >= 11 is 0. The third kappa shape index (κ3) is 5.29. The number of amides is 1. The fourth-order valence-corrected chi connectivity index (χ4v) is 3.45. The Bertz CT molecular complexity index is 1190. The lowest BCUT2D eigenvalue weighted by Gasteiger charge is -2.13. The highest BCUT2D eigenvalue weighted by Gasteiger charge is 2.11. The van der Waals surface area contributed by atoms with Crippen molar-refractivity contribution in [2.24, 2.45) is 0 Å². The standard InChI is InChI=1S/C26H25N5O/c1-2-26(32)29-15-14-28-24-11-10-22(21-8-4-3-5-9-21)17-23(24)25-12-16-31(30-25)19-20-7-6-13-27-18-20/h2-13,16-18,28H,1,14-15,19H2,(H,29,32). The first kappa shape index (κ1) is 21.1. The molecule has 6 nitrogen and oxygen atoms in total. The van der Waals surface area contributed by atoms with Crippen LogP contribution in [0.5, 0.6) is 0 Å². The maximum atomic E-state index is 11.4. The molecule has 0 aliphatic carbocycles. The minimum Gasteiger partial charge on any atom is -0.383 e. The van der Waals surface area contributed by atoms with Gasteiger partial charge < -0.3 is 10.6 Å². The molecule has 2 aromatic heterocycles. The highest BCUT2D eigenvalue weighted by atomic mass is 16.1. The summed E-state index contributed by atoms with van der Waals surface area (Å²) in [5.74, 6) is -0.180. The Balaban J connectivity index is 1.60. The van der Waals surface area contributed by atoms with Crippen LogP contribution in [-0.2, 0) is 11.3 Å². The maximum Gasteiger partial charge on any atom is 0.243 e. The molecule has 0 spiro atoms. The van der Waals surface area contributed by atoms with Crippen molar-refractivity contribution in [3.63, 3.8) is 0 Å². The number of benzene rings is 2. The molecule has 32 heavy (non-hydrogen) atoms. The van der Waals surface area contributed by atoms with Crippen LogP contribution in [0.25, 0.3) is 22.4 Å². The minimum atomic E-state index is -0.180. The number of rotatable bonds is 9. The second-order valence-corrected chi connectivity index (χ2v) is 7.31. The second-order valence-electron chi connectivity index (χ2n) is 7.31. The highest BCUT2D eigenvalue weighted by Crippen LogP contribution is 2.32. The Kier molecular flexibility index (Phi) is 6.72. The van der Waals surface area contributed by atoms with Gasteiger partial charge in [-0.3, -0.25) is 14.5 Å². The van der Waals surface area contributed by atoms with E-state index < -0.39 is 0 Å². The fraction of sp³-hybridized carbons (Fsp3) is 0.115. The third-order valence-corrected chi connectivity index (χ3v) is 5.04. The lowest BCUT2D eigenvalue weighted by molar-refractivity contribution is -0.116. The van der Waals surface area contributed by atoms with Gasteiger partial charge in [0, 0.05) is 42.9 Å². The molecule has 2 heterocycles. The van der Waals surface area contributed by atoms with Gasteiger partial charge in [-0.05, 0) is 47.0 Å². The zero-order chi connectivity index (χ0) is 22.2. The molecule has 0 bridgehead atoms. The Hall–Kier alpha value is -4.19. The smallest absolute Gasteiger partial charge is 0.243 e. The van der Waals surface area contributed by atoms with E-state index in [0.29, 0.717) is 19.6 Å². The number of carbonyl (C=O) groups excluding carboxylic acids is 1. The molecular weight excluding hydrogens is 398 g/mol. The van der Waals surface area contributed by atoms with Crippen LogP contribution < -0.4 is 10.6 Å². The molecule has 0 unspecified atom stereocenters. The summed E-state index contributed by atoms with van der Waals surface area (Å²) in [6.07, 6.45) is 6.87. The van der Waals surface area contributed by atoms with E-state index in [4.69, 9.17) is 5.10 Å². The van der Waals surface area contributed by atoms with Gasteiger partial charge >= 0.3 is 0 Å². The van der Waals surface area contributed by atoms with Crippen LogP contribution in [-0.4, -0.2) is 33.8 Å². The molecule has 4 aromatic rings. The molecule has 6 heteroatoms. The van der Waals surface area contributed by atoms with Gasteiger partial charge in [0.1, 0.15) is 0 Å². The van der Waals surface area contributed by atoms with Crippen LogP contribution in [0.3, 0.4) is 0 Å². The quantitative estimate of drug-likeness (QED) is 0.310. The van der Waals surface area contributed by atoms with Gasteiger partial charge in [-0.2, -0.15) is 5.10 Å². The maximum absolute atomic E-state index is 11.4. The van der Waals surface area contributed by atoms with Gasteiger partial charge in [-0.1, -0.05) is 49.0 Å². The molecule has 2 aromatic carbocycles. The zero-order valence-corrected chi connectivity index (χ0v) is 17.7. The van der Waals surface area contributed by atoms with Gasteiger partial charge in [0.15, 0.2) is 0 Å². The van der Waals surface area contributed by atoms with E-state index in [-0.39, 0.29) is 5.91 Å². The van der Waals surface area contributed by atoms with Gasteiger partial charge in [0.2, 0.25) is 5.91 Å². The molecule has 1 amide bonds. The monoisotopic (exact) mass is 423 g/mol. The molecule has 0 saturated carbocycles. The lowest BCUT2D eigenvalue weighted by Crippen LogP contribution is -2.27. The first-order valence-corrected chi connectivity index (χ1v) is 10.5. The third-order valence-electron chi connectivity index (χ3n) is 5.04. The fourth-order valence-electron chi connectivity index (χ4n) is 3.45. The van der Waals surface area contributed by atoms with Crippen LogP contribution in [0.1, 0.15) is 5.56 Å². The van der Waals surface area contributed by atoms with E-state index in [1.165, 1.54) is 6.08 Å². The van der Waals surface area contributed by atoms with Crippen LogP contribution in [0, 0.1) is 0 Å². The number of aromatic nitrogens is 3. The van der Waals surface area contributed by atoms with Crippen molar-refractivity contribution in [2.45, 2.75) is 6.54 Å². The Labute approximate surface area is 187 Å². The Morgan fingerprint density at radius 1 is 1.00 bits per heavy atom. The molecule has 0 saturated heterocycles. The summed E-state index contributed by atoms with van der Waals surface area (Å²) in [5.41, 5.74) is 6.21. The first-order valence-electron chi connectivity index (χ1n) is 10.5. The number of nitrogens with one attached hydrogen (secondary N) is 2. The average Bonchev–Trinajstić information content (AvgIpc) is 3.31. The molecule has 0 fully saturated rings. The average molecular weight is 424 g/mol. The molecule has 2 N–H and O–H groups in total. The molecule has 160 valence electrons. The SMILES string of the molecule is C=CC(=O)NCCNc1ccc(-c2ccccc2)cc1-c1ccn(Cc2cccnc2)n1. The van der Waals surface area contributed by atoms with Crippen LogP contribution >= 0.6 is 0 Å². The largest absolute Gasteiger partial charge is 0.383 e. The van der Waals surface area contributed by atoms with Crippen molar-refractivity contribution < 1.29 is 4.79 Å². The number of anilines is 1. The number of carbonyl (C=O) groups is 1. The van der Waals surface area contributed by atoms with Crippen molar-refractivity contribution in [1.29, 1.82) is 0 Å². The van der Waals surface area contributed by atoms with Crippen LogP contribution in [0.4, 0.5) is 5.69 Å². The summed E-state index contributed by atoms with van der Waals surface area (Å²) in [6.45, 7) is 5.22. The van der Waals surface area contributed by atoms with Crippen LogP contribution in [0.2, 0.25) is 0 Å². The van der Waals surface area contributed by atoms with E-state index in [1.807, 2.05) is 53.5 Å². The minimum absolute atomic E-state index is 0.180. The van der Waals surface area contributed by atoms with Crippen molar-refractivity contribution >= 4 is 11.6 Å². The summed E-state index contributed by atoms with van der Waals surface area (Å²) < 4.78 is 1.91. The van der Waals surface area contributed by atoms with Gasteiger partial charge in [-0.25, -0.2) is 0 Å². The summed E-state index contributed by atoms with van der Waals surface area (Å²) in [5, 5.41) is 11.0. The van der Waals surface area contributed by atoms with E-state index in [0.717, 1.165) is 33.6 Å². The summed E-state index contributed by atoms with van der Waals surface area (Å²) in [6, 6.07) is 22.6. The van der Waals surface area contributed by atoms with Gasteiger partial charge in [0.05, 0.1) is 12.2 Å². The van der Waals surface area contributed by atoms with Crippen molar-refractivity contribution in [1.82, 2.24) is 20.1 Å². The predicted octanol–water partition coefficient (Wildman–Crippen LogP) is 4.37. The van der Waals surface area contributed by atoms with E-state index in [2.05, 4.69) is 52.5 Å². The number of pyridine rings is 1. The van der Waals surface area contributed by atoms with Crippen LogP contribution in [0.15, 0.2) is 98.0 Å². The van der Waals surface area contributed by atoms with E-state index >= 15 is 0 Å². The normalized spacial score (nSPS) is 10.5. The van der Waals surface area contributed by atoms with Gasteiger partial charge in [-0.15, -0.1) is 0 Å². The molecule has 0 aliphatic heterocycles. The molecule has 0 atom stereocenters. The molecule has 4 rings (SSSR count). The van der Waals surface area contributed by atoms with Crippen molar-refractivity contribution in [2.75, 3.05) is 18.4 Å². The highest BCUT2D eigenvalue weighted by molar-refractivity contribution is 5.87. The summed E-state index contributed by atoms with van der Waals surface area (Å²) in [4.78, 5) is 15.6. The number of hydrogen-bond donors (Lipinski definition) is 2. The Morgan fingerprint density at radius 3 is 2.66 bits per heavy atom. The van der Waals surface area contributed by atoms with Crippen molar-refractivity contribution in [3.05, 3.63) is 104 Å². The Morgan fingerprint density at radius 2 is 1.88 bits per heavy atom. The van der Waals surface area contributed by atoms with Crippen molar-refractivity contribution in [3.8, 4) is 22.4 Å². The molecule has 0 radical (unpaired) electrons. The zero-order valence-electron chi connectivity index (χ0n) is 17.7. The topological polar surface area (TPSA) is 71.8 Å². The predicted molar refractivity (Wildman–Crippen MR) is 128 cm³/mol. The molecule has 0 aliphatic rings. The van der Waals surface area contributed by atoms with E-state index in [1.54, 1.807) is 6.20 Å². The first-order chi connectivity index (χ1) is 15.7. The van der Waals surface area contributed by atoms with Gasteiger partial charge in [0.25, 0.3) is 0 Å². The summed E-state index contributed by atoms with van der Waals surface area (Å²) in [7, 11) is 0. The van der Waals surface area contributed by atoms with E-state index in [9.17, 15) is 4.79 Å². The second kappa shape index (κ2) is 10.2. The number of hydrogen-bond acceptors (Lipinski definition) is 4. The lowest BCUT2D eigenvalue weighted by atomic mass is 10.00.